The summed E-state index contributed by atoms with van der Waals surface area (Å²) in [6, 6.07) is 0. The Hall–Kier alpha value is -0.0800. The SMILES string of the molecule is CN=C(NCCCCCN1CCCCC1)NCC1CCCO1.I. The van der Waals surface area contributed by atoms with Gasteiger partial charge in [-0.1, -0.05) is 12.8 Å². The van der Waals surface area contributed by atoms with E-state index in [4.69, 9.17) is 4.74 Å². The van der Waals surface area contributed by atoms with Gasteiger partial charge in [-0.05, 0) is 58.2 Å². The summed E-state index contributed by atoms with van der Waals surface area (Å²) >= 11 is 0. The molecule has 2 rings (SSSR count). The molecule has 2 aliphatic rings. The molecule has 0 aromatic rings. The van der Waals surface area contributed by atoms with Crippen LogP contribution in [0.15, 0.2) is 4.99 Å². The highest BCUT2D eigenvalue weighted by Crippen LogP contribution is 2.11. The van der Waals surface area contributed by atoms with Gasteiger partial charge < -0.3 is 20.3 Å². The maximum Gasteiger partial charge on any atom is 0.191 e. The summed E-state index contributed by atoms with van der Waals surface area (Å²) in [5.41, 5.74) is 0. The predicted octanol–water partition coefficient (Wildman–Crippen LogP) is 2.60. The summed E-state index contributed by atoms with van der Waals surface area (Å²) in [7, 11) is 1.83. The van der Waals surface area contributed by atoms with Crippen LogP contribution < -0.4 is 10.6 Å². The normalized spacial score (nSPS) is 22.7. The van der Waals surface area contributed by atoms with Crippen LogP contribution in [0.4, 0.5) is 0 Å². The van der Waals surface area contributed by atoms with E-state index < -0.39 is 0 Å². The van der Waals surface area contributed by atoms with Crippen molar-refractivity contribution in [2.75, 3.05) is 46.4 Å². The molecule has 5 nitrogen and oxygen atoms in total. The largest absolute Gasteiger partial charge is 0.376 e. The number of nitrogens with one attached hydrogen (secondary N) is 2. The summed E-state index contributed by atoms with van der Waals surface area (Å²) < 4.78 is 5.61. The van der Waals surface area contributed by atoms with E-state index in [1.54, 1.807) is 0 Å². The molecular formula is C17H35IN4O. The summed E-state index contributed by atoms with van der Waals surface area (Å²) in [5.74, 6) is 0.909. The fourth-order valence-electron chi connectivity index (χ4n) is 3.26. The van der Waals surface area contributed by atoms with Gasteiger partial charge in [-0.2, -0.15) is 0 Å². The van der Waals surface area contributed by atoms with Gasteiger partial charge in [-0.25, -0.2) is 0 Å². The van der Waals surface area contributed by atoms with Crippen molar-refractivity contribution in [3.63, 3.8) is 0 Å². The second-order valence-corrected chi connectivity index (χ2v) is 6.48. The first-order valence-electron chi connectivity index (χ1n) is 9.17. The lowest BCUT2D eigenvalue weighted by Crippen LogP contribution is -2.41. The fourth-order valence-corrected chi connectivity index (χ4v) is 3.26. The highest BCUT2D eigenvalue weighted by atomic mass is 127. The van der Waals surface area contributed by atoms with E-state index in [1.165, 1.54) is 71.0 Å². The topological polar surface area (TPSA) is 48.9 Å². The van der Waals surface area contributed by atoms with E-state index in [0.29, 0.717) is 6.10 Å². The fraction of sp³-hybridized carbons (Fsp3) is 0.941. The number of aliphatic imine (C=N–C) groups is 1. The van der Waals surface area contributed by atoms with Crippen molar-refractivity contribution in [1.29, 1.82) is 0 Å². The number of guanidine groups is 1. The third-order valence-corrected chi connectivity index (χ3v) is 4.64. The molecule has 1 unspecified atom stereocenters. The number of hydrogen-bond donors (Lipinski definition) is 2. The average Bonchev–Trinajstić information content (AvgIpc) is 3.08. The molecule has 136 valence electrons. The first kappa shape index (κ1) is 21.0. The molecule has 0 aliphatic carbocycles. The second-order valence-electron chi connectivity index (χ2n) is 6.48. The van der Waals surface area contributed by atoms with Gasteiger partial charge in [-0.15, -0.1) is 24.0 Å². The summed E-state index contributed by atoms with van der Waals surface area (Å²) in [6.07, 6.45) is 10.8. The van der Waals surface area contributed by atoms with Crippen LogP contribution in [-0.2, 0) is 4.74 Å². The Kier molecular flexibility index (Phi) is 12.1. The van der Waals surface area contributed by atoms with Crippen molar-refractivity contribution in [3.05, 3.63) is 0 Å². The Balaban J connectivity index is 0.00000264. The van der Waals surface area contributed by atoms with E-state index in [2.05, 4.69) is 20.5 Å². The molecule has 0 radical (unpaired) electrons. The molecular weight excluding hydrogens is 403 g/mol. The summed E-state index contributed by atoms with van der Waals surface area (Å²) in [6.45, 7) is 6.71. The number of nitrogens with zero attached hydrogens (tertiary/aromatic N) is 2. The minimum absolute atomic E-state index is 0. The van der Waals surface area contributed by atoms with Crippen molar-refractivity contribution in [1.82, 2.24) is 15.5 Å². The molecule has 1 atom stereocenters. The zero-order valence-electron chi connectivity index (χ0n) is 14.7. The van der Waals surface area contributed by atoms with Gasteiger partial charge in [0.25, 0.3) is 0 Å². The molecule has 0 saturated carbocycles. The van der Waals surface area contributed by atoms with Crippen LogP contribution in [-0.4, -0.2) is 63.3 Å². The van der Waals surface area contributed by atoms with E-state index in [-0.39, 0.29) is 24.0 Å². The summed E-state index contributed by atoms with van der Waals surface area (Å²) in [5, 5.41) is 6.76. The maximum atomic E-state index is 5.61. The maximum absolute atomic E-state index is 5.61. The average molecular weight is 438 g/mol. The summed E-state index contributed by atoms with van der Waals surface area (Å²) in [4.78, 5) is 6.89. The van der Waals surface area contributed by atoms with Gasteiger partial charge in [-0.3, -0.25) is 4.99 Å². The molecule has 2 N–H and O–H groups in total. The molecule has 0 amide bonds. The van der Waals surface area contributed by atoms with Gasteiger partial charge in [0.2, 0.25) is 0 Å². The van der Waals surface area contributed by atoms with Gasteiger partial charge in [0.15, 0.2) is 5.96 Å². The third-order valence-electron chi connectivity index (χ3n) is 4.64. The Morgan fingerprint density at radius 1 is 1.09 bits per heavy atom. The number of piperidine rings is 1. The second kappa shape index (κ2) is 13.2. The van der Waals surface area contributed by atoms with Gasteiger partial charge in [0, 0.05) is 26.7 Å². The standard InChI is InChI=1S/C17H34N4O.HI/c1-18-17(20-15-16-9-8-14-22-16)19-10-4-2-5-11-21-12-6-3-7-13-21;/h16H,2-15H2,1H3,(H2,18,19,20);1H. The quantitative estimate of drug-likeness (QED) is 0.265. The van der Waals surface area contributed by atoms with E-state index in [0.717, 1.165) is 25.7 Å². The van der Waals surface area contributed by atoms with Gasteiger partial charge in [0.05, 0.1) is 6.10 Å². The third kappa shape index (κ3) is 9.10. The van der Waals surface area contributed by atoms with Crippen molar-refractivity contribution in [2.24, 2.45) is 4.99 Å². The zero-order valence-corrected chi connectivity index (χ0v) is 17.0. The van der Waals surface area contributed by atoms with Crippen molar-refractivity contribution < 1.29 is 4.74 Å². The molecule has 0 aromatic carbocycles. The molecule has 23 heavy (non-hydrogen) atoms. The van der Waals surface area contributed by atoms with E-state index in [9.17, 15) is 0 Å². The van der Waals surface area contributed by atoms with Gasteiger partial charge >= 0.3 is 0 Å². The van der Waals surface area contributed by atoms with E-state index in [1.807, 2.05) is 7.05 Å². The lowest BCUT2D eigenvalue weighted by Gasteiger charge is -2.26. The monoisotopic (exact) mass is 438 g/mol. The highest BCUT2D eigenvalue weighted by Gasteiger charge is 2.15. The van der Waals surface area contributed by atoms with Crippen LogP contribution >= 0.6 is 24.0 Å². The first-order chi connectivity index (χ1) is 10.9. The lowest BCUT2D eigenvalue weighted by atomic mass is 10.1. The number of hydrogen-bond acceptors (Lipinski definition) is 3. The van der Waals surface area contributed by atoms with Crippen LogP contribution in [0, 0.1) is 0 Å². The number of unbranched alkanes of at least 4 members (excludes halogenated alkanes) is 2. The Morgan fingerprint density at radius 3 is 2.61 bits per heavy atom. The van der Waals surface area contributed by atoms with Crippen LogP contribution in [0.2, 0.25) is 0 Å². The van der Waals surface area contributed by atoms with Crippen molar-refractivity contribution >= 4 is 29.9 Å². The number of ether oxygens (including phenoxy) is 1. The molecule has 0 aromatic heterocycles. The van der Waals surface area contributed by atoms with Crippen molar-refractivity contribution in [3.8, 4) is 0 Å². The highest BCUT2D eigenvalue weighted by molar-refractivity contribution is 14.0. The Bertz CT molecular complexity index is 316. The molecule has 2 saturated heterocycles. The Labute approximate surface area is 159 Å². The number of halogens is 1. The number of rotatable bonds is 8. The molecule has 6 heteroatoms. The minimum Gasteiger partial charge on any atom is -0.376 e. The van der Waals surface area contributed by atoms with Crippen LogP contribution in [0.25, 0.3) is 0 Å². The zero-order chi connectivity index (χ0) is 15.5. The predicted molar refractivity (Wildman–Crippen MR) is 108 cm³/mol. The minimum atomic E-state index is 0. The molecule has 0 spiro atoms. The number of likely N-dealkylation sites (tertiary alicyclic amines) is 1. The van der Waals surface area contributed by atoms with Crippen LogP contribution in [0.3, 0.4) is 0 Å². The molecule has 0 bridgehead atoms. The molecule has 2 aliphatic heterocycles. The smallest absolute Gasteiger partial charge is 0.191 e. The Morgan fingerprint density at radius 2 is 1.91 bits per heavy atom. The first-order valence-corrected chi connectivity index (χ1v) is 9.17. The van der Waals surface area contributed by atoms with Gasteiger partial charge in [0.1, 0.15) is 0 Å². The van der Waals surface area contributed by atoms with E-state index >= 15 is 0 Å². The van der Waals surface area contributed by atoms with Crippen molar-refractivity contribution in [2.45, 2.75) is 57.5 Å². The molecule has 2 heterocycles. The van der Waals surface area contributed by atoms with Crippen LogP contribution in [0.5, 0.6) is 0 Å². The van der Waals surface area contributed by atoms with Crippen LogP contribution in [0.1, 0.15) is 51.4 Å². The molecule has 2 fully saturated rings. The lowest BCUT2D eigenvalue weighted by molar-refractivity contribution is 0.114.